The Morgan fingerprint density at radius 1 is 0.861 bits per heavy atom. The molecule has 0 unspecified atom stereocenters. The first-order chi connectivity index (χ1) is 17.7. The molecule has 36 heavy (non-hydrogen) atoms. The van der Waals surface area contributed by atoms with Crippen LogP contribution in [0.25, 0.3) is 0 Å². The smallest absolute Gasteiger partial charge is 0.224 e. The molecule has 2 atom stereocenters. The summed E-state index contributed by atoms with van der Waals surface area (Å²) in [5.41, 5.74) is 5.51. The van der Waals surface area contributed by atoms with Crippen molar-refractivity contribution in [3.8, 4) is 5.75 Å². The molecule has 0 spiro atoms. The molecule has 2 aliphatic rings. The van der Waals surface area contributed by atoms with Crippen LogP contribution in [0.4, 0.5) is 0 Å². The first-order valence-electron chi connectivity index (χ1n) is 13.6. The molecule has 1 aliphatic carbocycles. The summed E-state index contributed by atoms with van der Waals surface area (Å²) < 4.78 is 6.29. The number of nitrogens with one attached hydrogen (secondary N) is 1. The van der Waals surface area contributed by atoms with Gasteiger partial charge in [0.15, 0.2) is 0 Å². The van der Waals surface area contributed by atoms with Crippen LogP contribution in [-0.2, 0) is 30.5 Å². The van der Waals surface area contributed by atoms with E-state index in [0.717, 1.165) is 51.1 Å². The normalized spacial score (nSPS) is 19.6. The van der Waals surface area contributed by atoms with E-state index in [1.807, 2.05) is 6.07 Å². The summed E-state index contributed by atoms with van der Waals surface area (Å²) in [6, 6.07) is 27.6. The van der Waals surface area contributed by atoms with E-state index < -0.39 is 0 Å². The molecule has 1 aliphatic heterocycles. The van der Waals surface area contributed by atoms with Crippen molar-refractivity contribution in [3.63, 3.8) is 0 Å². The van der Waals surface area contributed by atoms with Gasteiger partial charge < -0.3 is 15.0 Å². The molecule has 4 heteroatoms. The standard InChI is InChI=1S/C32H38N2O2/c35-32(33-18-16-25-8-3-1-4-9-25)30-20-27(22-34(23-30)19-17-26-10-5-2-6-11-26)24-36-31-15-14-28-12-7-13-29(28)21-31/h1-6,8-11,14-15,21,27,30H,7,12-13,16-20,22-24H2,(H,33,35)/t27-,30+/m0/s1. The van der Waals surface area contributed by atoms with E-state index in [2.05, 4.69) is 83.0 Å². The number of rotatable bonds is 10. The number of likely N-dealkylation sites (tertiary alicyclic amines) is 1. The van der Waals surface area contributed by atoms with Crippen molar-refractivity contribution in [2.45, 2.75) is 38.5 Å². The Kier molecular flexibility index (Phi) is 8.35. The Morgan fingerprint density at radius 2 is 1.58 bits per heavy atom. The molecule has 0 saturated carbocycles. The first-order valence-corrected chi connectivity index (χ1v) is 13.6. The molecular weight excluding hydrogens is 444 g/mol. The van der Waals surface area contributed by atoms with Crippen LogP contribution in [0.2, 0.25) is 0 Å². The van der Waals surface area contributed by atoms with Gasteiger partial charge in [0.2, 0.25) is 5.91 Å². The van der Waals surface area contributed by atoms with Crippen molar-refractivity contribution < 1.29 is 9.53 Å². The largest absolute Gasteiger partial charge is 0.493 e. The predicted octanol–water partition coefficient (Wildman–Crippen LogP) is 5.09. The third kappa shape index (κ3) is 6.76. The summed E-state index contributed by atoms with van der Waals surface area (Å²) >= 11 is 0. The SMILES string of the molecule is O=C(NCCc1ccccc1)[C@@H]1C[C@H](COc2ccc3c(c2)CCC3)CN(CCc2ccccc2)C1. The molecule has 0 aromatic heterocycles. The summed E-state index contributed by atoms with van der Waals surface area (Å²) in [6.07, 6.45) is 6.34. The second-order valence-corrected chi connectivity index (χ2v) is 10.4. The number of hydrogen-bond acceptors (Lipinski definition) is 3. The minimum Gasteiger partial charge on any atom is -0.493 e. The summed E-state index contributed by atoms with van der Waals surface area (Å²) in [5.74, 6) is 1.49. The molecule has 1 fully saturated rings. The van der Waals surface area contributed by atoms with Crippen LogP contribution in [0.5, 0.6) is 5.75 Å². The third-order valence-electron chi connectivity index (χ3n) is 7.65. The van der Waals surface area contributed by atoms with Gasteiger partial charge in [-0.15, -0.1) is 0 Å². The number of aryl methyl sites for hydroxylation is 2. The van der Waals surface area contributed by atoms with E-state index in [0.29, 0.717) is 19.1 Å². The van der Waals surface area contributed by atoms with Crippen LogP contribution in [0.15, 0.2) is 78.9 Å². The van der Waals surface area contributed by atoms with Gasteiger partial charge in [-0.3, -0.25) is 4.79 Å². The van der Waals surface area contributed by atoms with E-state index in [1.54, 1.807) is 0 Å². The zero-order valence-electron chi connectivity index (χ0n) is 21.2. The van der Waals surface area contributed by atoms with Gasteiger partial charge in [-0.05, 0) is 72.9 Å². The molecular formula is C32H38N2O2. The van der Waals surface area contributed by atoms with Crippen LogP contribution >= 0.6 is 0 Å². The highest BCUT2D eigenvalue weighted by Gasteiger charge is 2.32. The number of carbonyl (C=O) groups is 1. The lowest BCUT2D eigenvalue weighted by atomic mass is 9.88. The van der Waals surface area contributed by atoms with Crippen molar-refractivity contribution >= 4 is 5.91 Å². The van der Waals surface area contributed by atoms with Gasteiger partial charge in [-0.1, -0.05) is 66.7 Å². The first kappa shape index (κ1) is 24.6. The fourth-order valence-corrected chi connectivity index (χ4v) is 5.70. The molecule has 0 bridgehead atoms. The minimum atomic E-state index is -0.00100. The van der Waals surface area contributed by atoms with Crippen molar-refractivity contribution in [1.82, 2.24) is 10.2 Å². The van der Waals surface area contributed by atoms with Gasteiger partial charge in [0, 0.05) is 32.1 Å². The highest BCUT2D eigenvalue weighted by molar-refractivity contribution is 5.79. The summed E-state index contributed by atoms with van der Waals surface area (Å²) in [4.78, 5) is 15.6. The lowest BCUT2D eigenvalue weighted by molar-refractivity contribution is -0.127. The monoisotopic (exact) mass is 482 g/mol. The molecule has 1 amide bonds. The average molecular weight is 483 g/mol. The lowest BCUT2D eigenvalue weighted by Crippen LogP contribution is -2.48. The Balaban J connectivity index is 1.18. The molecule has 3 aromatic rings. The highest BCUT2D eigenvalue weighted by Crippen LogP contribution is 2.28. The Morgan fingerprint density at radius 3 is 2.36 bits per heavy atom. The summed E-state index contributed by atoms with van der Waals surface area (Å²) in [6.45, 7) is 4.10. The van der Waals surface area contributed by atoms with Gasteiger partial charge in [-0.25, -0.2) is 0 Å². The second-order valence-electron chi connectivity index (χ2n) is 10.4. The molecule has 188 valence electrons. The van der Waals surface area contributed by atoms with E-state index in [1.165, 1.54) is 35.1 Å². The highest BCUT2D eigenvalue weighted by atomic mass is 16.5. The number of hydrogen-bond donors (Lipinski definition) is 1. The molecule has 1 heterocycles. The van der Waals surface area contributed by atoms with Crippen LogP contribution in [0.3, 0.4) is 0 Å². The number of piperidine rings is 1. The Bertz CT molecular complexity index is 1120. The molecule has 3 aromatic carbocycles. The summed E-state index contributed by atoms with van der Waals surface area (Å²) in [5, 5.41) is 3.21. The van der Waals surface area contributed by atoms with Crippen LogP contribution in [0.1, 0.15) is 35.1 Å². The van der Waals surface area contributed by atoms with Crippen LogP contribution in [0, 0.1) is 11.8 Å². The quantitative estimate of drug-likeness (QED) is 0.437. The molecule has 1 N–H and O–H groups in total. The number of carbonyl (C=O) groups excluding carboxylic acids is 1. The van der Waals surface area contributed by atoms with Crippen LogP contribution < -0.4 is 10.1 Å². The zero-order chi connectivity index (χ0) is 24.6. The van der Waals surface area contributed by atoms with E-state index in [-0.39, 0.29) is 11.8 Å². The average Bonchev–Trinajstić information content (AvgIpc) is 3.40. The van der Waals surface area contributed by atoms with Crippen molar-refractivity contribution in [2.24, 2.45) is 11.8 Å². The molecule has 5 rings (SSSR count). The lowest BCUT2D eigenvalue weighted by Gasteiger charge is -2.37. The van der Waals surface area contributed by atoms with Gasteiger partial charge in [0.05, 0.1) is 12.5 Å². The maximum atomic E-state index is 13.2. The molecule has 0 radical (unpaired) electrons. The minimum absolute atomic E-state index is 0.00100. The van der Waals surface area contributed by atoms with Gasteiger partial charge in [0.1, 0.15) is 5.75 Å². The maximum Gasteiger partial charge on any atom is 0.224 e. The van der Waals surface area contributed by atoms with E-state index >= 15 is 0 Å². The number of fused-ring (bicyclic) bond motifs is 1. The molecule has 1 saturated heterocycles. The topological polar surface area (TPSA) is 41.6 Å². The van der Waals surface area contributed by atoms with E-state index in [9.17, 15) is 4.79 Å². The van der Waals surface area contributed by atoms with Crippen molar-refractivity contribution in [3.05, 3.63) is 101 Å². The number of ether oxygens (including phenoxy) is 1. The predicted molar refractivity (Wildman–Crippen MR) is 145 cm³/mol. The Labute approximate surface area is 215 Å². The fraction of sp³-hybridized carbons (Fsp3) is 0.406. The third-order valence-corrected chi connectivity index (χ3v) is 7.65. The summed E-state index contributed by atoms with van der Waals surface area (Å²) in [7, 11) is 0. The van der Waals surface area contributed by atoms with Gasteiger partial charge in [0.25, 0.3) is 0 Å². The second kappa shape index (κ2) is 12.2. The number of benzene rings is 3. The van der Waals surface area contributed by atoms with E-state index in [4.69, 9.17) is 4.74 Å². The number of amides is 1. The fourth-order valence-electron chi connectivity index (χ4n) is 5.70. The van der Waals surface area contributed by atoms with Gasteiger partial charge >= 0.3 is 0 Å². The van der Waals surface area contributed by atoms with Gasteiger partial charge in [-0.2, -0.15) is 0 Å². The zero-order valence-corrected chi connectivity index (χ0v) is 21.2. The maximum absolute atomic E-state index is 13.2. The van der Waals surface area contributed by atoms with Crippen molar-refractivity contribution in [2.75, 3.05) is 32.8 Å². The molecule has 4 nitrogen and oxygen atoms in total. The number of nitrogens with zero attached hydrogens (tertiary/aromatic N) is 1. The van der Waals surface area contributed by atoms with Crippen LogP contribution in [-0.4, -0.2) is 43.6 Å². The van der Waals surface area contributed by atoms with Crippen molar-refractivity contribution in [1.29, 1.82) is 0 Å². The Hall–Kier alpha value is -3.11.